The SMILES string of the molecule is C=C(C)CCc1c(OC)cc(/C=C/c2ccccc2)c(C(=O)O)c1OCN. The first-order chi connectivity index (χ1) is 13.0. The predicted molar refractivity (Wildman–Crippen MR) is 108 cm³/mol. The maximum Gasteiger partial charge on any atom is 0.340 e. The summed E-state index contributed by atoms with van der Waals surface area (Å²) in [6, 6.07) is 11.4. The molecule has 0 amide bonds. The molecular formula is C22H25NO4. The lowest BCUT2D eigenvalue weighted by molar-refractivity contribution is 0.0692. The van der Waals surface area contributed by atoms with E-state index in [4.69, 9.17) is 15.2 Å². The van der Waals surface area contributed by atoms with Crippen molar-refractivity contribution < 1.29 is 19.4 Å². The number of methoxy groups -OCH3 is 1. The number of carboxylic acids is 1. The van der Waals surface area contributed by atoms with Crippen molar-refractivity contribution in [1.29, 1.82) is 0 Å². The van der Waals surface area contributed by atoms with Crippen molar-refractivity contribution >= 4 is 18.1 Å². The molecule has 5 heteroatoms. The molecule has 0 saturated heterocycles. The molecular weight excluding hydrogens is 342 g/mol. The number of allylic oxidation sites excluding steroid dienone is 1. The molecule has 0 atom stereocenters. The predicted octanol–water partition coefficient (Wildman–Crippen LogP) is 4.37. The van der Waals surface area contributed by atoms with Gasteiger partial charge in [-0.2, -0.15) is 0 Å². The topological polar surface area (TPSA) is 81.8 Å². The van der Waals surface area contributed by atoms with Crippen LogP contribution < -0.4 is 15.2 Å². The number of hydrogen-bond acceptors (Lipinski definition) is 4. The third-order valence-corrected chi connectivity index (χ3v) is 4.09. The van der Waals surface area contributed by atoms with E-state index in [0.29, 0.717) is 29.7 Å². The summed E-state index contributed by atoms with van der Waals surface area (Å²) in [5, 5.41) is 9.82. The molecule has 0 spiro atoms. The normalized spacial score (nSPS) is 10.8. The van der Waals surface area contributed by atoms with Crippen LogP contribution in [0.2, 0.25) is 0 Å². The molecule has 0 bridgehead atoms. The first-order valence-corrected chi connectivity index (χ1v) is 8.65. The number of benzene rings is 2. The Balaban J connectivity index is 2.61. The second-order valence-corrected chi connectivity index (χ2v) is 6.17. The van der Waals surface area contributed by atoms with E-state index in [-0.39, 0.29) is 18.0 Å². The number of nitrogens with two attached hydrogens (primary N) is 1. The van der Waals surface area contributed by atoms with Gasteiger partial charge in [-0.1, -0.05) is 48.1 Å². The Hall–Kier alpha value is -3.05. The number of carboxylic acid groups (broad SMARTS) is 1. The molecule has 2 aromatic carbocycles. The van der Waals surface area contributed by atoms with Gasteiger partial charge in [0, 0.05) is 5.56 Å². The molecule has 5 nitrogen and oxygen atoms in total. The molecule has 0 heterocycles. The average Bonchev–Trinajstić information content (AvgIpc) is 2.65. The van der Waals surface area contributed by atoms with E-state index in [1.165, 1.54) is 0 Å². The lowest BCUT2D eigenvalue weighted by atomic mass is 9.96. The molecule has 0 aliphatic rings. The minimum Gasteiger partial charge on any atom is -0.496 e. The molecule has 0 aromatic heterocycles. The summed E-state index contributed by atoms with van der Waals surface area (Å²) in [5.41, 5.74) is 8.76. The monoisotopic (exact) mass is 367 g/mol. The molecule has 0 unspecified atom stereocenters. The summed E-state index contributed by atoms with van der Waals surface area (Å²) in [6.45, 7) is 5.70. The molecule has 0 aliphatic carbocycles. The zero-order valence-electron chi connectivity index (χ0n) is 15.7. The summed E-state index contributed by atoms with van der Waals surface area (Å²) in [4.78, 5) is 12.0. The molecule has 3 N–H and O–H groups in total. The highest BCUT2D eigenvalue weighted by Gasteiger charge is 2.23. The standard InChI is InChI=1S/C22H25NO4/c1-15(2)9-12-18-19(26-3)13-17(11-10-16-7-5-4-6-8-16)20(22(24)25)21(18)27-14-23/h4-8,10-11,13H,1,9,12,14,23H2,2-3H3,(H,24,25)/b11-10+. The molecule has 142 valence electrons. The molecule has 2 rings (SSSR count). The van der Waals surface area contributed by atoms with Gasteiger partial charge >= 0.3 is 5.97 Å². The van der Waals surface area contributed by atoms with Crippen LogP contribution in [0.15, 0.2) is 48.6 Å². The highest BCUT2D eigenvalue weighted by molar-refractivity contribution is 5.97. The summed E-state index contributed by atoms with van der Waals surface area (Å²) in [5.74, 6) is -0.263. The van der Waals surface area contributed by atoms with Crippen molar-refractivity contribution in [3.8, 4) is 11.5 Å². The molecule has 2 aromatic rings. The Morgan fingerprint density at radius 2 is 1.96 bits per heavy atom. The summed E-state index contributed by atoms with van der Waals surface area (Å²) in [7, 11) is 1.55. The first-order valence-electron chi connectivity index (χ1n) is 8.65. The van der Waals surface area contributed by atoms with E-state index in [2.05, 4.69) is 6.58 Å². The van der Waals surface area contributed by atoms with Gasteiger partial charge in [0.2, 0.25) is 0 Å². The van der Waals surface area contributed by atoms with Crippen molar-refractivity contribution in [2.24, 2.45) is 5.73 Å². The number of hydrogen-bond donors (Lipinski definition) is 2. The van der Waals surface area contributed by atoms with Gasteiger partial charge in [-0.25, -0.2) is 4.79 Å². The summed E-state index contributed by atoms with van der Waals surface area (Å²) < 4.78 is 11.1. The summed E-state index contributed by atoms with van der Waals surface area (Å²) >= 11 is 0. The van der Waals surface area contributed by atoms with Gasteiger partial charge in [-0.05, 0) is 37.0 Å². The second-order valence-electron chi connectivity index (χ2n) is 6.17. The maximum absolute atomic E-state index is 12.0. The van der Waals surface area contributed by atoms with Crippen LogP contribution in [0.4, 0.5) is 0 Å². The van der Waals surface area contributed by atoms with Crippen LogP contribution in [0.25, 0.3) is 12.2 Å². The molecule has 0 radical (unpaired) electrons. The van der Waals surface area contributed by atoms with E-state index in [9.17, 15) is 9.90 Å². The van der Waals surface area contributed by atoms with Crippen LogP contribution in [0, 0.1) is 0 Å². The van der Waals surface area contributed by atoms with Crippen LogP contribution in [-0.4, -0.2) is 24.9 Å². The largest absolute Gasteiger partial charge is 0.496 e. The van der Waals surface area contributed by atoms with E-state index in [1.54, 1.807) is 19.3 Å². The highest BCUT2D eigenvalue weighted by Crippen LogP contribution is 2.37. The van der Waals surface area contributed by atoms with Crippen molar-refractivity contribution in [2.45, 2.75) is 19.8 Å². The third kappa shape index (κ3) is 5.21. The first kappa shape index (κ1) is 20.3. The molecule has 0 aliphatic heterocycles. The Kier molecular flexibility index (Phi) is 7.20. The molecule has 0 fully saturated rings. The van der Waals surface area contributed by atoms with E-state index in [1.807, 2.05) is 43.3 Å². The van der Waals surface area contributed by atoms with Gasteiger partial charge in [0.25, 0.3) is 0 Å². The minimum atomic E-state index is -1.08. The third-order valence-electron chi connectivity index (χ3n) is 4.09. The number of carbonyl (C=O) groups is 1. The van der Waals surface area contributed by atoms with Gasteiger partial charge in [0.1, 0.15) is 23.8 Å². The lowest BCUT2D eigenvalue weighted by Crippen LogP contribution is -2.14. The van der Waals surface area contributed by atoms with Gasteiger partial charge in [0.05, 0.1) is 7.11 Å². The average molecular weight is 367 g/mol. The molecule has 0 saturated carbocycles. The van der Waals surface area contributed by atoms with Crippen LogP contribution in [0.5, 0.6) is 11.5 Å². The van der Waals surface area contributed by atoms with Gasteiger partial charge in [0.15, 0.2) is 0 Å². The van der Waals surface area contributed by atoms with E-state index in [0.717, 1.165) is 11.1 Å². The highest BCUT2D eigenvalue weighted by atomic mass is 16.5. The quantitative estimate of drug-likeness (QED) is 0.391. The zero-order valence-corrected chi connectivity index (χ0v) is 15.7. The van der Waals surface area contributed by atoms with Crippen molar-refractivity contribution in [2.75, 3.05) is 13.8 Å². The second kappa shape index (κ2) is 9.59. The van der Waals surface area contributed by atoms with Gasteiger partial charge in [-0.3, -0.25) is 5.73 Å². The fourth-order valence-electron chi connectivity index (χ4n) is 2.80. The van der Waals surface area contributed by atoms with Gasteiger partial charge in [-0.15, -0.1) is 6.58 Å². The van der Waals surface area contributed by atoms with Crippen LogP contribution >= 0.6 is 0 Å². The van der Waals surface area contributed by atoms with Gasteiger partial charge < -0.3 is 14.6 Å². The number of ether oxygens (including phenoxy) is 2. The Morgan fingerprint density at radius 3 is 2.52 bits per heavy atom. The van der Waals surface area contributed by atoms with Crippen molar-refractivity contribution in [1.82, 2.24) is 0 Å². The van der Waals surface area contributed by atoms with Crippen LogP contribution in [0.1, 0.15) is 40.4 Å². The van der Waals surface area contributed by atoms with E-state index >= 15 is 0 Å². The minimum absolute atomic E-state index is 0.0742. The fraction of sp³-hybridized carbons (Fsp3) is 0.227. The number of rotatable bonds is 9. The number of aromatic carboxylic acids is 1. The lowest BCUT2D eigenvalue weighted by Gasteiger charge is -2.18. The van der Waals surface area contributed by atoms with Crippen LogP contribution in [-0.2, 0) is 6.42 Å². The Morgan fingerprint density at radius 1 is 1.26 bits per heavy atom. The Labute approximate surface area is 159 Å². The van der Waals surface area contributed by atoms with E-state index < -0.39 is 5.97 Å². The Bertz CT molecular complexity index is 841. The fourth-order valence-corrected chi connectivity index (χ4v) is 2.80. The molecule has 27 heavy (non-hydrogen) atoms. The zero-order chi connectivity index (χ0) is 19.8. The van der Waals surface area contributed by atoms with Crippen molar-refractivity contribution in [3.63, 3.8) is 0 Å². The van der Waals surface area contributed by atoms with Crippen LogP contribution in [0.3, 0.4) is 0 Å². The maximum atomic E-state index is 12.0. The smallest absolute Gasteiger partial charge is 0.340 e. The van der Waals surface area contributed by atoms with Crippen molar-refractivity contribution in [3.05, 3.63) is 70.8 Å². The summed E-state index contributed by atoms with van der Waals surface area (Å²) in [6.07, 6.45) is 4.83.